The van der Waals surface area contributed by atoms with Crippen molar-refractivity contribution < 1.29 is 9.13 Å². The minimum Gasteiger partial charge on any atom is -0.490 e. The van der Waals surface area contributed by atoms with Crippen LogP contribution in [0.1, 0.15) is 38.7 Å². The molecular formula is C16H21FN2O. The largest absolute Gasteiger partial charge is 0.490 e. The van der Waals surface area contributed by atoms with Crippen molar-refractivity contribution in [3.63, 3.8) is 0 Å². The lowest BCUT2D eigenvalue weighted by Gasteiger charge is -2.25. The zero-order valence-corrected chi connectivity index (χ0v) is 12.2. The summed E-state index contributed by atoms with van der Waals surface area (Å²) in [6.07, 6.45) is 2.17. The molecule has 1 fully saturated rings. The molecule has 1 saturated carbocycles. The molecule has 0 radical (unpaired) electrons. The first kappa shape index (κ1) is 14.8. The van der Waals surface area contributed by atoms with E-state index in [9.17, 15) is 9.65 Å². The summed E-state index contributed by atoms with van der Waals surface area (Å²) >= 11 is 0. The van der Waals surface area contributed by atoms with E-state index in [4.69, 9.17) is 4.74 Å². The molecule has 1 aliphatic carbocycles. The summed E-state index contributed by atoms with van der Waals surface area (Å²) in [5.74, 6) is 0.281. The molecule has 1 aromatic carbocycles. The Kier molecular flexibility index (Phi) is 4.29. The standard InChI is InChI=1S/C16H21FN2O/c1-11(2)19-16(10-18)7-6-14(9-16)20-13-5-4-12(3)15(17)8-13/h4-5,8,11,14,19H,6-7,9H2,1-3H3. The monoisotopic (exact) mass is 276 g/mol. The van der Waals surface area contributed by atoms with E-state index < -0.39 is 5.54 Å². The van der Waals surface area contributed by atoms with E-state index in [0.29, 0.717) is 17.7 Å². The number of hydrogen-bond acceptors (Lipinski definition) is 3. The number of nitrogens with one attached hydrogen (secondary N) is 1. The molecule has 1 aliphatic rings. The molecule has 3 nitrogen and oxygen atoms in total. The number of nitrogens with zero attached hydrogens (tertiary/aromatic N) is 1. The molecule has 1 N–H and O–H groups in total. The van der Waals surface area contributed by atoms with E-state index in [2.05, 4.69) is 11.4 Å². The quantitative estimate of drug-likeness (QED) is 0.917. The highest BCUT2D eigenvalue weighted by molar-refractivity contribution is 5.28. The number of hydrogen-bond donors (Lipinski definition) is 1. The van der Waals surface area contributed by atoms with E-state index in [1.807, 2.05) is 13.8 Å². The van der Waals surface area contributed by atoms with Gasteiger partial charge >= 0.3 is 0 Å². The second-order valence-electron chi connectivity index (χ2n) is 5.89. The summed E-state index contributed by atoms with van der Waals surface area (Å²) in [4.78, 5) is 0. The zero-order valence-electron chi connectivity index (χ0n) is 12.2. The second-order valence-corrected chi connectivity index (χ2v) is 5.89. The fraction of sp³-hybridized carbons (Fsp3) is 0.562. The van der Waals surface area contributed by atoms with Gasteiger partial charge in [-0.25, -0.2) is 4.39 Å². The van der Waals surface area contributed by atoms with Crippen LogP contribution in [-0.4, -0.2) is 17.7 Å². The number of rotatable bonds is 4. The summed E-state index contributed by atoms with van der Waals surface area (Å²) in [7, 11) is 0. The maximum atomic E-state index is 13.5. The van der Waals surface area contributed by atoms with Crippen LogP contribution in [0.25, 0.3) is 0 Å². The van der Waals surface area contributed by atoms with Crippen LogP contribution in [0.4, 0.5) is 4.39 Å². The van der Waals surface area contributed by atoms with Gasteiger partial charge in [0.2, 0.25) is 0 Å². The highest BCUT2D eigenvalue weighted by Crippen LogP contribution is 2.33. The molecule has 1 aromatic rings. The first-order chi connectivity index (χ1) is 9.44. The van der Waals surface area contributed by atoms with E-state index >= 15 is 0 Å². The van der Waals surface area contributed by atoms with Crippen molar-refractivity contribution in [1.29, 1.82) is 5.26 Å². The first-order valence-corrected chi connectivity index (χ1v) is 7.06. The Balaban J connectivity index is 2.02. The maximum absolute atomic E-state index is 13.5. The van der Waals surface area contributed by atoms with E-state index in [1.165, 1.54) is 6.07 Å². The lowest BCUT2D eigenvalue weighted by atomic mass is 9.98. The normalized spacial score (nSPS) is 25.7. The fourth-order valence-corrected chi connectivity index (χ4v) is 2.76. The molecule has 108 valence electrons. The minimum absolute atomic E-state index is 0.0389. The topological polar surface area (TPSA) is 45.0 Å². The third-order valence-corrected chi connectivity index (χ3v) is 3.69. The second kappa shape index (κ2) is 5.80. The van der Waals surface area contributed by atoms with Gasteiger partial charge in [0.15, 0.2) is 0 Å². The average molecular weight is 276 g/mol. The van der Waals surface area contributed by atoms with Gasteiger partial charge in [0, 0.05) is 18.5 Å². The van der Waals surface area contributed by atoms with Gasteiger partial charge in [-0.2, -0.15) is 5.26 Å². The van der Waals surface area contributed by atoms with Crippen LogP contribution in [0.15, 0.2) is 18.2 Å². The molecule has 4 heteroatoms. The van der Waals surface area contributed by atoms with Crippen molar-refractivity contribution in [2.75, 3.05) is 0 Å². The van der Waals surface area contributed by atoms with Gasteiger partial charge in [-0.05, 0) is 45.2 Å². The number of aryl methyl sites for hydroxylation is 1. The summed E-state index contributed by atoms with van der Waals surface area (Å²) < 4.78 is 19.3. The molecule has 0 aliphatic heterocycles. The van der Waals surface area contributed by atoms with E-state index in [1.54, 1.807) is 19.1 Å². The molecule has 0 bridgehead atoms. The van der Waals surface area contributed by atoms with Gasteiger partial charge in [-0.15, -0.1) is 0 Å². The average Bonchev–Trinajstić information content (AvgIpc) is 2.77. The van der Waals surface area contributed by atoms with Crippen molar-refractivity contribution in [2.24, 2.45) is 0 Å². The molecule has 0 aromatic heterocycles. The Morgan fingerprint density at radius 1 is 1.50 bits per heavy atom. The summed E-state index contributed by atoms with van der Waals surface area (Å²) in [5, 5.41) is 12.7. The predicted octanol–water partition coefficient (Wildman–Crippen LogP) is 3.33. The van der Waals surface area contributed by atoms with Crippen molar-refractivity contribution in [3.05, 3.63) is 29.6 Å². The van der Waals surface area contributed by atoms with Crippen LogP contribution >= 0.6 is 0 Å². The Labute approximate surface area is 119 Å². The minimum atomic E-state index is -0.512. The van der Waals surface area contributed by atoms with Gasteiger partial charge in [0.1, 0.15) is 23.2 Å². The van der Waals surface area contributed by atoms with Crippen LogP contribution < -0.4 is 10.1 Å². The Morgan fingerprint density at radius 2 is 2.25 bits per heavy atom. The van der Waals surface area contributed by atoms with Gasteiger partial charge < -0.3 is 4.74 Å². The van der Waals surface area contributed by atoms with Crippen molar-refractivity contribution >= 4 is 0 Å². The fourth-order valence-electron chi connectivity index (χ4n) is 2.76. The third-order valence-electron chi connectivity index (χ3n) is 3.69. The summed E-state index contributed by atoms with van der Waals surface area (Å²) in [5.41, 5.74) is 0.0961. The Hall–Kier alpha value is -1.60. The van der Waals surface area contributed by atoms with Crippen LogP contribution in [-0.2, 0) is 0 Å². The highest BCUT2D eigenvalue weighted by Gasteiger charge is 2.40. The smallest absolute Gasteiger partial charge is 0.129 e. The molecule has 20 heavy (non-hydrogen) atoms. The molecule has 2 unspecified atom stereocenters. The first-order valence-electron chi connectivity index (χ1n) is 7.06. The number of nitriles is 1. The molecule has 2 atom stereocenters. The molecule has 0 heterocycles. The van der Waals surface area contributed by atoms with Gasteiger partial charge in [0.25, 0.3) is 0 Å². The van der Waals surface area contributed by atoms with Gasteiger partial charge in [0.05, 0.1) is 6.07 Å². The van der Waals surface area contributed by atoms with Crippen molar-refractivity contribution in [2.45, 2.75) is 57.7 Å². The van der Waals surface area contributed by atoms with Crippen LogP contribution in [0.2, 0.25) is 0 Å². The lowest BCUT2D eigenvalue weighted by Crippen LogP contribution is -2.46. The summed E-state index contributed by atoms with van der Waals surface area (Å²) in [6.45, 7) is 5.78. The number of halogens is 1. The van der Waals surface area contributed by atoms with Crippen molar-refractivity contribution in [3.8, 4) is 11.8 Å². The van der Waals surface area contributed by atoms with Crippen LogP contribution in [0.5, 0.6) is 5.75 Å². The summed E-state index contributed by atoms with van der Waals surface area (Å²) in [6, 6.07) is 7.54. The van der Waals surface area contributed by atoms with Crippen LogP contribution in [0.3, 0.4) is 0 Å². The van der Waals surface area contributed by atoms with Gasteiger partial charge in [-0.1, -0.05) is 6.07 Å². The predicted molar refractivity (Wildman–Crippen MR) is 76.0 cm³/mol. The molecular weight excluding hydrogens is 255 g/mol. The number of benzene rings is 1. The maximum Gasteiger partial charge on any atom is 0.129 e. The molecule has 0 amide bonds. The molecule has 2 rings (SSSR count). The van der Waals surface area contributed by atoms with Crippen molar-refractivity contribution in [1.82, 2.24) is 5.32 Å². The third kappa shape index (κ3) is 3.29. The lowest BCUT2D eigenvalue weighted by molar-refractivity contribution is 0.198. The molecule has 0 saturated heterocycles. The zero-order chi connectivity index (χ0) is 14.8. The molecule has 0 spiro atoms. The SMILES string of the molecule is Cc1ccc(OC2CCC(C#N)(NC(C)C)C2)cc1F. The van der Waals surface area contributed by atoms with Gasteiger partial charge in [-0.3, -0.25) is 5.32 Å². The number of ether oxygens (including phenoxy) is 1. The van der Waals surface area contributed by atoms with E-state index in [-0.39, 0.29) is 18.0 Å². The highest BCUT2D eigenvalue weighted by atomic mass is 19.1. The van der Waals surface area contributed by atoms with Crippen LogP contribution in [0, 0.1) is 24.1 Å². The van der Waals surface area contributed by atoms with E-state index in [0.717, 1.165) is 12.8 Å². The Morgan fingerprint density at radius 3 is 2.85 bits per heavy atom. The Bertz CT molecular complexity index is 524.